The van der Waals surface area contributed by atoms with Gasteiger partial charge in [-0.2, -0.15) is 0 Å². The number of aryl methyl sites for hydroxylation is 2. The standard InChI is InChI=1S/C24H26N4O4/c1-15-12-23(30)27-20-5-4-17(14-18(15)20)26-24(31)19-13-16(3-7-22(25)29)2-6-21(19)28-8-10-32-11-9-28/h2,4-6,12-14H,3,7-11H2,1H3,(H2,25,29)(H,26,31)(H,27,30). The minimum Gasteiger partial charge on any atom is -0.378 e. The molecule has 0 unspecified atom stereocenters. The summed E-state index contributed by atoms with van der Waals surface area (Å²) in [5.41, 5.74) is 9.56. The second-order valence-corrected chi connectivity index (χ2v) is 7.95. The zero-order valence-corrected chi connectivity index (χ0v) is 17.9. The first-order chi connectivity index (χ1) is 15.4. The van der Waals surface area contributed by atoms with Gasteiger partial charge in [0, 0.05) is 47.9 Å². The third-order valence-electron chi connectivity index (χ3n) is 5.63. The quantitative estimate of drug-likeness (QED) is 0.550. The first-order valence-corrected chi connectivity index (χ1v) is 10.6. The van der Waals surface area contributed by atoms with Crippen molar-refractivity contribution in [1.82, 2.24) is 4.98 Å². The van der Waals surface area contributed by atoms with Crippen LogP contribution < -0.4 is 21.5 Å². The topological polar surface area (TPSA) is 118 Å². The van der Waals surface area contributed by atoms with Crippen molar-refractivity contribution in [1.29, 1.82) is 0 Å². The fourth-order valence-corrected chi connectivity index (χ4v) is 3.97. The van der Waals surface area contributed by atoms with Crippen molar-refractivity contribution in [2.75, 3.05) is 36.5 Å². The van der Waals surface area contributed by atoms with Crippen LogP contribution in [0.4, 0.5) is 11.4 Å². The molecule has 0 bridgehead atoms. The van der Waals surface area contributed by atoms with Crippen LogP contribution in [0, 0.1) is 6.92 Å². The largest absolute Gasteiger partial charge is 0.378 e. The Hall–Kier alpha value is -3.65. The van der Waals surface area contributed by atoms with E-state index in [1.54, 1.807) is 12.1 Å². The van der Waals surface area contributed by atoms with Gasteiger partial charge in [-0.1, -0.05) is 6.07 Å². The third-order valence-corrected chi connectivity index (χ3v) is 5.63. The van der Waals surface area contributed by atoms with Crippen molar-refractivity contribution in [3.8, 4) is 0 Å². The number of fused-ring (bicyclic) bond motifs is 1. The van der Waals surface area contributed by atoms with Crippen LogP contribution in [0.2, 0.25) is 0 Å². The van der Waals surface area contributed by atoms with E-state index in [0.29, 0.717) is 44.0 Å². The Bertz CT molecular complexity index is 1230. The molecule has 1 fully saturated rings. The van der Waals surface area contributed by atoms with Gasteiger partial charge in [0.05, 0.1) is 18.8 Å². The summed E-state index contributed by atoms with van der Waals surface area (Å²) < 4.78 is 5.45. The highest BCUT2D eigenvalue weighted by molar-refractivity contribution is 6.09. The lowest BCUT2D eigenvalue weighted by atomic mass is 10.0. The van der Waals surface area contributed by atoms with Crippen LogP contribution in [0.15, 0.2) is 47.3 Å². The zero-order valence-electron chi connectivity index (χ0n) is 17.9. The molecule has 3 aromatic rings. The predicted molar refractivity (Wildman–Crippen MR) is 124 cm³/mol. The Morgan fingerprint density at radius 1 is 1.12 bits per heavy atom. The van der Waals surface area contributed by atoms with E-state index in [2.05, 4.69) is 15.2 Å². The second kappa shape index (κ2) is 9.23. The van der Waals surface area contributed by atoms with Gasteiger partial charge in [0.1, 0.15) is 0 Å². The third kappa shape index (κ3) is 4.81. The zero-order chi connectivity index (χ0) is 22.7. The summed E-state index contributed by atoms with van der Waals surface area (Å²) in [4.78, 5) is 41.2. The van der Waals surface area contributed by atoms with Crippen molar-refractivity contribution >= 4 is 34.1 Å². The van der Waals surface area contributed by atoms with E-state index in [1.807, 2.05) is 31.2 Å². The molecule has 4 N–H and O–H groups in total. The van der Waals surface area contributed by atoms with Crippen LogP contribution in [0.3, 0.4) is 0 Å². The fraction of sp³-hybridized carbons (Fsp3) is 0.292. The van der Waals surface area contributed by atoms with Crippen LogP contribution in [0.5, 0.6) is 0 Å². The molecule has 2 amide bonds. The number of H-pyrrole nitrogens is 1. The summed E-state index contributed by atoms with van der Waals surface area (Å²) in [5, 5.41) is 3.85. The van der Waals surface area contributed by atoms with Crippen molar-refractivity contribution in [2.24, 2.45) is 5.73 Å². The highest BCUT2D eigenvalue weighted by Crippen LogP contribution is 2.26. The number of pyridine rings is 1. The van der Waals surface area contributed by atoms with Crippen LogP contribution in [0.25, 0.3) is 10.9 Å². The van der Waals surface area contributed by atoms with E-state index >= 15 is 0 Å². The first-order valence-electron chi connectivity index (χ1n) is 10.6. The number of carbonyl (C=O) groups is 2. The number of carbonyl (C=O) groups excluding carboxylic acids is 2. The minimum atomic E-state index is -0.377. The number of aromatic nitrogens is 1. The van der Waals surface area contributed by atoms with Gasteiger partial charge in [-0.25, -0.2) is 0 Å². The average Bonchev–Trinajstić information content (AvgIpc) is 2.78. The van der Waals surface area contributed by atoms with Gasteiger partial charge in [0.15, 0.2) is 0 Å². The monoisotopic (exact) mass is 434 g/mol. The molecule has 1 aliphatic heterocycles. The lowest BCUT2D eigenvalue weighted by molar-refractivity contribution is -0.117. The van der Waals surface area contributed by atoms with E-state index in [9.17, 15) is 14.4 Å². The Morgan fingerprint density at radius 2 is 1.91 bits per heavy atom. The molecule has 8 heteroatoms. The number of hydrogen-bond donors (Lipinski definition) is 3. The molecule has 0 radical (unpaired) electrons. The smallest absolute Gasteiger partial charge is 0.257 e. The number of benzene rings is 2. The number of aromatic amines is 1. The van der Waals surface area contributed by atoms with Gasteiger partial charge in [-0.15, -0.1) is 0 Å². The molecule has 1 aliphatic rings. The molecule has 4 rings (SSSR count). The number of morpholine rings is 1. The highest BCUT2D eigenvalue weighted by atomic mass is 16.5. The maximum Gasteiger partial charge on any atom is 0.257 e. The van der Waals surface area contributed by atoms with Crippen LogP contribution in [-0.2, 0) is 16.0 Å². The SMILES string of the molecule is Cc1cc(=O)[nH]c2ccc(NC(=O)c3cc(CCC(N)=O)ccc3N3CCOCC3)cc12. The molecule has 0 saturated carbocycles. The number of ether oxygens (including phenoxy) is 1. The second-order valence-electron chi connectivity index (χ2n) is 7.95. The summed E-state index contributed by atoms with van der Waals surface area (Å²) in [7, 11) is 0. The summed E-state index contributed by atoms with van der Waals surface area (Å²) in [6.45, 7) is 4.47. The number of anilines is 2. The van der Waals surface area contributed by atoms with Gasteiger partial charge in [0.25, 0.3) is 5.91 Å². The summed E-state index contributed by atoms with van der Waals surface area (Å²) in [6.07, 6.45) is 0.696. The molecular weight excluding hydrogens is 408 g/mol. The number of hydrogen-bond acceptors (Lipinski definition) is 5. The summed E-state index contributed by atoms with van der Waals surface area (Å²) >= 11 is 0. The van der Waals surface area contributed by atoms with Crippen molar-refractivity contribution < 1.29 is 14.3 Å². The molecule has 8 nitrogen and oxygen atoms in total. The average molecular weight is 434 g/mol. The Morgan fingerprint density at radius 3 is 2.66 bits per heavy atom. The van der Waals surface area contributed by atoms with Gasteiger partial charge in [-0.05, 0) is 54.8 Å². The summed E-state index contributed by atoms with van der Waals surface area (Å²) in [6, 6.07) is 12.6. The van der Waals surface area contributed by atoms with Gasteiger partial charge in [-0.3, -0.25) is 14.4 Å². The van der Waals surface area contributed by atoms with E-state index in [4.69, 9.17) is 10.5 Å². The van der Waals surface area contributed by atoms with Gasteiger partial charge < -0.3 is 25.7 Å². The number of amides is 2. The first kappa shape index (κ1) is 21.6. The molecule has 0 spiro atoms. The molecule has 32 heavy (non-hydrogen) atoms. The number of nitrogens with one attached hydrogen (secondary N) is 2. The maximum absolute atomic E-state index is 13.3. The Labute approximate surface area is 185 Å². The van der Waals surface area contributed by atoms with Crippen LogP contribution in [0.1, 0.15) is 27.9 Å². The molecule has 1 aromatic heterocycles. The Balaban J connectivity index is 1.65. The lowest BCUT2D eigenvalue weighted by Crippen LogP contribution is -2.37. The molecule has 2 aromatic carbocycles. The Kier molecular flexibility index (Phi) is 6.23. The minimum absolute atomic E-state index is 0.158. The number of nitrogens with two attached hydrogens (primary N) is 1. The van der Waals surface area contributed by atoms with E-state index < -0.39 is 0 Å². The van der Waals surface area contributed by atoms with Crippen LogP contribution in [-0.4, -0.2) is 43.1 Å². The summed E-state index contributed by atoms with van der Waals surface area (Å²) in [5.74, 6) is -0.619. The molecular formula is C24H26N4O4. The van der Waals surface area contributed by atoms with Crippen LogP contribution >= 0.6 is 0 Å². The van der Waals surface area contributed by atoms with Gasteiger partial charge >= 0.3 is 0 Å². The highest BCUT2D eigenvalue weighted by Gasteiger charge is 2.20. The maximum atomic E-state index is 13.3. The molecule has 0 atom stereocenters. The molecule has 166 valence electrons. The van der Waals surface area contributed by atoms with Crippen molar-refractivity contribution in [3.63, 3.8) is 0 Å². The molecule has 2 heterocycles. The van der Waals surface area contributed by atoms with Crippen molar-refractivity contribution in [2.45, 2.75) is 19.8 Å². The fourth-order valence-electron chi connectivity index (χ4n) is 3.97. The van der Waals surface area contributed by atoms with Crippen molar-refractivity contribution in [3.05, 3.63) is 69.5 Å². The predicted octanol–water partition coefficient (Wildman–Crippen LogP) is 2.34. The number of primary amides is 1. The number of rotatable bonds is 6. The van der Waals surface area contributed by atoms with E-state index in [1.165, 1.54) is 6.07 Å². The lowest BCUT2D eigenvalue weighted by Gasteiger charge is -2.30. The van der Waals surface area contributed by atoms with E-state index in [-0.39, 0.29) is 23.8 Å². The normalized spacial score (nSPS) is 13.8. The number of nitrogens with zero attached hydrogens (tertiary/aromatic N) is 1. The molecule has 0 aliphatic carbocycles. The molecule has 1 saturated heterocycles. The van der Waals surface area contributed by atoms with E-state index in [0.717, 1.165) is 27.7 Å². The van der Waals surface area contributed by atoms with Gasteiger partial charge in [0.2, 0.25) is 11.5 Å².